The van der Waals surface area contributed by atoms with Gasteiger partial charge in [-0.1, -0.05) is 30.2 Å². The topological polar surface area (TPSA) is 50.8 Å². The lowest BCUT2D eigenvalue weighted by molar-refractivity contribution is -0.116. The Morgan fingerprint density at radius 3 is 2.96 bits per heavy atom. The van der Waals surface area contributed by atoms with Crippen LogP contribution >= 0.6 is 0 Å². The average Bonchev–Trinajstić information content (AvgIpc) is 3.31. The molecular formula is C22H22N2O3. The summed E-state index contributed by atoms with van der Waals surface area (Å²) in [6.07, 6.45) is 8.07. The number of carbonyl (C=O) groups is 1. The van der Waals surface area contributed by atoms with Crippen LogP contribution in [0.2, 0.25) is 0 Å². The highest BCUT2D eigenvalue weighted by Gasteiger charge is 2.27. The minimum Gasteiger partial charge on any atom is -0.454 e. The van der Waals surface area contributed by atoms with E-state index in [1.54, 1.807) is 12.1 Å². The summed E-state index contributed by atoms with van der Waals surface area (Å²) in [5, 5.41) is 2.93. The van der Waals surface area contributed by atoms with Crippen molar-refractivity contribution in [3.05, 3.63) is 53.6 Å². The van der Waals surface area contributed by atoms with E-state index in [9.17, 15) is 4.79 Å². The summed E-state index contributed by atoms with van der Waals surface area (Å²) in [6.45, 7) is 1.38. The van der Waals surface area contributed by atoms with Gasteiger partial charge in [0.1, 0.15) is 0 Å². The average molecular weight is 362 g/mol. The SMILES string of the molecule is C#CCN(CCC(=O)Nc1ccc2c(c1)OCO2)C1CCc2ccccc21. The van der Waals surface area contributed by atoms with Crippen molar-refractivity contribution in [3.63, 3.8) is 0 Å². The van der Waals surface area contributed by atoms with Crippen molar-refractivity contribution in [2.75, 3.05) is 25.2 Å². The van der Waals surface area contributed by atoms with E-state index < -0.39 is 0 Å². The molecule has 0 aromatic heterocycles. The van der Waals surface area contributed by atoms with Gasteiger partial charge in [-0.05, 0) is 36.1 Å². The number of benzene rings is 2. The van der Waals surface area contributed by atoms with Crippen molar-refractivity contribution in [1.29, 1.82) is 0 Å². The molecule has 27 heavy (non-hydrogen) atoms. The maximum atomic E-state index is 12.4. The van der Waals surface area contributed by atoms with Crippen molar-refractivity contribution in [3.8, 4) is 23.8 Å². The zero-order chi connectivity index (χ0) is 18.6. The van der Waals surface area contributed by atoms with Crippen molar-refractivity contribution >= 4 is 11.6 Å². The molecule has 1 atom stereocenters. The maximum absolute atomic E-state index is 12.4. The molecule has 0 saturated carbocycles. The number of anilines is 1. The summed E-state index contributed by atoms with van der Waals surface area (Å²) in [5.74, 6) is 4.06. The standard InChI is InChI=1S/C22H22N2O3/c1-2-12-24(19-9-7-16-5-3-4-6-18(16)19)13-11-22(25)23-17-8-10-20-21(14-17)27-15-26-20/h1,3-6,8,10,14,19H,7,9,11-13,15H2,(H,23,25). The Morgan fingerprint density at radius 1 is 1.22 bits per heavy atom. The highest BCUT2D eigenvalue weighted by Crippen LogP contribution is 2.36. The minimum atomic E-state index is -0.0397. The number of terminal acetylenes is 1. The van der Waals surface area contributed by atoms with Crippen LogP contribution in [0, 0.1) is 12.3 Å². The molecule has 1 aliphatic carbocycles. The molecule has 1 amide bonds. The van der Waals surface area contributed by atoms with Gasteiger partial charge in [-0.3, -0.25) is 9.69 Å². The van der Waals surface area contributed by atoms with Gasteiger partial charge >= 0.3 is 0 Å². The number of nitrogens with one attached hydrogen (secondary N) is 1. The number of rotatable bonds is 6. The van der Waals surface area contributed by atoms with Crippen LogP contribution in [0.4, 0.5) is 5.69 Å². The van der Waals surface area contributed by atoms with Gasteiger partial charge in [0.05, 0.1) is 6.54 Å². The Bertz CT molecular complexity index is 887. The van der Waals surface area contributed by atoms with Crippen molar-refractivity contribution in [2.24, 2.45) is 0 Å². The second-order valence-electron chi connectivity index (χ2n) is 6.79. The number of aryl methyl sites for hydroxylation is 1. The molecule has 2 aliphatic rings. The normalized spacial score (nSPS) is 16.8. The van der Waals surface area contributed by atoms with E-state index in [0.717, 1.165) is 12.8 Å². The molecule has 0 fully saturated rings. The molecule has 0 saturated heterocycles. The van der Waals surface area contributed by atoms with E-state index in [1.165, 1.54) is 11.1 Å². The van der Waals surface area contributed by atoms with Gasteiger partial charge in [-0.15, -0.1) is 6.42 Å². The lowest BCUT2D eigenvalue weighted by Crippen LogP contribution is -2.31. The fourth-order valence-electron chi connectivity index (χ4n) is 3.82. The highest BCUT2D eigenvalue weighted by molar-refractivity contribution is 5.91. The maximum Gasteiger partial charge on any atom is 0.231 e. The smallest absolute Gasteiger partial charge is 0.231 e. The zero-order valence-electron chi connectivity index (χ0n) is 15.1. The number of fused-ring (bicyclic) bond motifs is 2. The minimum absolute atomic E-state index is 0.0397. The van der Waals surface area contributed by atoms with Crippen LogP contribution in [0.1, 0.15) is 30.0 Å². The van der Waals surface area contributed by atoms with Crippen molar-refractivity contribution < 1.29 is 14.3 Å². The molecule has 0 bridgehead atoms. The monoisotopic (exact) mass is 362 g/mol. The van der Waals surface area contributed by atoms with E-state index in [1.807, 2.05) is 6.07 Å². The third kappa shape index (κ3) is 3.76. The van der Waals surface area contributed by atoms with Crippen LogP contribution in [-0.2, 0) is 11.2 Å². The molecule has 1 unspecified atom stereocenters. The van der Waals surface area contributed by atoms with Crippen LogP contribution in [0.3, 0.4) is 0 Å². The molecule has 2 aromatic rings. The molecule has 1 heterocycles. The fraction of sp³-hybridized carbons (Fsp3) is 0.318. The first-order valence-electron chi connectivity index (χ1n) is 9.19. The number of amides is 1. The third-order valence-corrected chi connectivity index (χ3v) is 5.12. The summed E-state index contributed by atoms with van der Waals surface area (Å²) in [4.78, 5) is 14.6. The summed E-state index contributed by atoms with van der Waals surface area (Å²) in [6, 6.07) is 14.2. The van der Waals surface area contributed by atoms with Crippen LogP contribution in [0.15, 0.2) is 42.5 Å². The van der Waals surface area contributed by atoms with Gasteiger partial charge in [-0.2, -0.15) is 0 Å². The third-order valence-electron chi connectivity index (χ3n) is 5.12. The lowest BCUT2D eigenvalue weighted by atomic mass is 10.1. The Labute approximate surface area is 159 Å². The molecular weight excluding hydrogens is 340 g/mol. The number of nitrogens with zero attached hydrogens (tertiary/aromatic N) is 1. The molecule has 4 rings (SSSR count). The Morgan fingerprint density at radius 2 is 2.07 bits per heavy atom. The van der Waals surface area contributed by atoms with Gasteiger partial charge in [0.25, 0.3) is 0 Å². The van der Waals surface area contributed by atoms with E-state index in [0.29, 0.717) is 36.7 Å². The number of hydrogen-bond acceptors (Lipinski definition) is 4. The molecule has 1 N–H and O–H groups in total. The quantitative estimate of drug-likeness (QED) is 0.801. The van der Waals surface area contributed by atoms with Gasteiger partial charge in [0, 0.05) is 30.8 Å². The summed E-state index contributed by atoms with van der Waals surface area (Å²) in [5.41, 5.74) is 3.43. The Kier molecular flexibility index (Phi) is 4.99. The van der Waals surface area contributed by atoms with Crippen molar-refractivity contribution in [2.45, 2.75) is 25.3 Å². The number of hydrogen-bond donors (Lipinski definition) is 1. The van der Waals surface area contributed by atoms with Gasteiger partial charge < -0.3 is 14.8 Å². The Balaban J connectivity index is 1.37. The van der Waals surface area contributed by atoms with E-state index in [4.69, 9.17) is 15.9 Å². The first-order valence-corrected chi connectivity index (χ1v) is 9.19. The van der Waals surface area contributed by atoms with Crippen LogP contribution in [0.25, 0.3) is 0 Å². The van der Waals surface area contributed by atoms with E-state index in [-0.39, 0.29) is 18.7 Å². The number of carbonyl (C=O) groups excluding carboxylic acids is 1. The summed E-state index contributed by atoms with van der Waals surface area (Å²) < 4.78 is 10.6. The summed E-state index contributed by atoms with van der Waals surface area (Å²) in [7, 11) is 0. The van der Waals surface area contributed by atoms with Crippen molar-refractivity contribution in [1.82, 2.24) is 4.90 Å². The Hall–Kier alpha value is -2.97. The molecule has 138 valence electrons. The predicted octanol–water partition coefficient (Wildman–Crippen LogP) is 3.37. The van der Waals surface area contributed by atoms with Gasteiger partial charge in [0.2, 0.25) is 12.7 Å². The van der Waals surface area contributed by atoms with Crippen LogP contribution in [0.5, 0.6) is 11.5 Å². The molecule has 0 radical (unpaired) electrons. The molecule has 5 nitrogen and oxygen atoms in total. The van der Waals surface area contributed by atoms with Crippen LogP contribution < -0.4 is 14.8 Å². The first kappa shape index (κ1) is 17.4. The predicted molar refractivity (Wildman–Crippen MR) is 104 cm³/mol. The van der Waals surface area contributed by atoms with Gasteiger partial charge in [-0.25, -0.2) is 0 Å². The molecule has 0 spiro atoms. The van der Waals surface area contributed by atoms with E-state index >= 15 is 0 Å². The first-order chi connectivity index (χ1) is 13.2. The molecule has 5 heteroatoms. The largest absolute Gasteiger partial charge is 0.454 e. The number of ether oxygens (including phenoxy) is 2. The molecule has 2 aromatic carbocycles. The zero-order valence-corrected chi connectivity index (χ0v) is 15.1. The summed E-state index contributed by atoms with van der Waals surface area (Å²) >= 11 is 0. The second kappa shape index (κ2) is 7.73. The lowest BCUT2D eigenvalue weighted by Gasteiger charge is -2.27. The van der Waals surface area contributed by atoms with Gasteiger partial charge in [0.15, 0.2) is 11.5 Å². The highest BCUT2D eigenvalue weighted by atomic mass is 16.7. The molecule has 1 aliphatic heterocycles. The second-order valence-corrected chi connectivity index (χ2v) is 6.79. The van der Waals surface area contributed by atoms with Crippen LogP contribution in [-0.4, -0.2) is 30.7 Å². The van der Waals surface area contributed by atoms with E-state index in [2.05, 4.69) is 40.4 Å². The fourth-order valence-corrected chi connectivity index (χ4v) is 3.82.